The van der Waals surface area contributed by atoms with E-state index in [2.05, 4.69) is 15.5 Å². The molecule has 0 radical (unpaired) electrons. The smallest absolute Gasteiger partial charge is 0.314 e. The summed E-state index contributed by atoms with van der Waals surface area (Å²) in [6.45, 7) is 0. The Bertz CT molecular complexity index is 1020. The number of nitrogens with zero attached hydrogens (tertiary/aromatic N) is 3. The van der Waals surface area contributed by atoms with Crippen molar-refractivity contribution in [1.29, 1.82) is 0 Å². The molecule has 5 nitrogen and oxygen atoms in total. The van der Waals surface area contributed by atoms with Gasteiger partial charge in [-0.25, -0.2) is 9.18 Å². The molecule has 1 aromatic heterocycles. The minimum atomic E-state index is -4.81. The highest BCUT2D eigenvalue weighted by Gasteiger charge is 2.45. The van der Waals surface area contributed by atoms with Gasteiger partial charge < -0.3 is 10.2 Å². The topological polar surface area (TPSA) is 58.1 Å². The highest BCUT2D eigenvalue weighted by atomic mass is 35.5. The molecule has 2 unspecified atom stereocenters. The van der Waals surface area contributed by atoms with E-state index in [9.17, 15) is 22.4 Å². The zero-order valence-corrected chi connectivity index (χ0v) is 16.6. The molecule has 1 N–H and O–H groups in total. The van der Waals surface area contributed by atoms with E-state index in [0.29, 0.717) is 30.4 Å². The molecule has 2 aromatic rings. The third-order valence-electron chi connectivity index (χ3n) is 5.14. The molecule has 2 atom stereocenters. The van der Waals surface area contributed by atoms with Crippen LogP contribution in [0.4, 0.5) is 28.0 Å². The van der Waals surface area contributed by atoms with Crippen molar-refractivity contribution >= 4 is 46.5 Å². The van der Waals surface area contributed by atoms with Gasteiger partial charge in [-0.05, 0) is 31.4 Å². The summed E-state index contributed by atoms with van der Waals surface area (Å²) < 4.78 is 52.8. The second-order valence-electron chi connectivity index (χ2n) is 6.77. The van der Waals surface area contributed by atoms with Gasteiger partial charge in [-0.2, -0.15) is 13.2 Å². The van der Waals surface area contributed by atoms with Crippen molar-refractivity contribution in [3.8, 4) is 0 Å². The van der Waals surface area contributed by atoms with Crippen molar-refractivity contribution in [3.63, 3.8) is 0 Å². The lowest BCUT2D eigenvalue weighted by atomic mass is 9.96. The maximum absolute atomic E-state index is 14.2. The van der Waals surface area contributed by atoms with E-state index in [-0.39, 0.29) is 22.4 Å². The van der Waals surface area contributed by atoms with Crippen molar-refractivity contribution in [2.45, 2.75) is 37.5 Å². The molecule has 2 aliphatic heterocycles. The lowest BCUT2D eigenvalue weighted by molar-refractivity contribution is -0.137. The van der Waals surface area contributed by atoms with Gasteiger partial charge in [-0.15, -0.1) is 10.2 Å². The van der Waals surface area contributed by atoms with Crippen molar-refractivity contribution in [2.75, 3.05) is 5.32 Å². The Morgan fingerprint density at radius 3 is 2.52 bits per heavy atom. The van der Waals surface area contributed by atoms with Gasteiger partial charge in [0.05, 0.1) is 22.3 Å². The van der Waals surface area contributed by atoms with E-state index in [0.717, 1.165) is 6.07 Å². The van der Waals surface area contributed by atoms with E-state index in [4.69, 9.17) is 34.8 Å². The molecule has 2 bridgehead atoms. The zero-order chi connectivity index (χ0) is 21.1. The van der Waals surface area contributed by atoms with Gasteiger partial charge in [0, 0.05) is 17.2 Å². The Kier molecular flexibility index (Phi) is 5.03. The molecule has 1 fully saturated rings. The number of anilines is 1. The van der Waals surface area contributed by atoms with Crippen LogP contribution in [0, 0.1) is 5.82 Å². The summed E-state index contributed by atoms with van der Waals surface area (Å²) in [5, 5.41) is 9.50. The number of benzene rings is 1. The highest BCUT2D eigenvalue weighted by molar-refractivity contribution is 6.32. The van der Waals surface area contributed by atoms with Crippen LogP contribution in [0.25, 0.3) is 0 Å². The zero-order valence-electron chi connectivity index (χ0n) is 14.3. The number of aromatic nitrogens is 2. The van der Waals surface area contributed by atoms with E-state index >= 15 is 0 Å². The summed E-state index contributed by atoms with van der Waals surface area (Å²) in [6, 6.07) is -0.367. The van der Waals surface area contributed by atoms with Crippen LogP contribution in [-0.4, -0.2) is 27.2 Å². The average Bonchev–Trinajstić information content (AvgIpc) is 2.93. The normalized spacial score (nSPS) is 20.6. The van der Waals surface area contributed by atoms with Crippen LogP contribution >= 0.6 is 34.8 Å². The molecule has 12 heteroatoms. The summed E-state index contributed by atoms with van der Waals surface area (Å²) in [6.07, 6.45) is -3.18. The standard InChI is InChI=1S/C17H11Cl3F4N4O/c18-9-5-11(10(21)4-8(9)17(22,23)24)25-16(29)28-6-1-2-12(28)13-7(3-6)14(19)26-27-15(13)20/h4-6,12H,1-3H2,(H,25,29). The van der Waals surface area contributed by atoms with Gasteiger partial charge >= 0.3 is 12.2 Å². The summed E-state index contributed by atoms with van der Waals surface area (Å²) in [7, 11) is 0. The molecule has 4 rings (SSSR count). The summed E-state index contributed by atoms with van der Waals surface area (Å²) in [5.74, 6) is -1.24. The van der Waals surface area contributed by atoms with E-state index in [1.54, 1.807) is 0 Å². The quantitative estimate of drug-likeness (QED) is 0.530. The van der Waals surface area contributed by atoms with Crippen LogP contribution < -0.4 is 5.32 Å². The minimum Gasteiger partial charge on any atom is -0.314 e. The van der Waals surface area contributed by atoms with Crippen molar-refractivity contribution in [3.05, 3.63) is 50.0 Å². The molecule has 2 amide bonds. The summed E-state index contributed by atoms with van der Waals surface area (Å²) >= 11 is 17.9. The molecule has 0 saturated carbocycles. The van der Waals surface area contributed by atoms with Crippen LogP contribution in [0.3, 0.4) is 0 Å². The molecule has 29 heavy (non-hydrogen) atoms. The summed E-state index contributed by atoms with van der Waals surface area (Å²) in [5.41, 5.74) is -0.467. The SMILES string of the molecule is O=C(Nc1cc(Cl)c(C(F)(F)F)cc1F)N1C2CCC1c1c(Cl)nnc(Cl)c1C2. The molecule has 154 valence electrons. The lowest BCUT2D eigenvalue weighted by Crippen LogP contribution is -2.44. The molecule has 1 saturated heterocycles. The van der Waals surface area contributed by atoms with Gasteiger partial charge in [0.25, 0.3) is 0 Å². The number of hydrogen-bond donors (Lipinski definition) is 1. The van der Waals surface area contributed by atoms with Gasteiger partial charge in [0.15, 0.2) is 10.3 Å². The number of alkyl halides is 3. The van der Waals surface area contributed by atoms with Crippen LogP contribution in [0.5, 0.6) is 0 Å². The Morgan fingerprint density at radius 2 is 1.83 bits per heavy atom. The molecule has 0 aliphatic carbocycles. The third-order valence-corrected chi connectivity index (χ3v) is 6.03. The van der Waals surface area contributed by atoms with Gasteiger partial charge in [0.1, 0.15) is 5.82 Å². The van der Waals surface area contributed by atoms with Crippen LogP contribution in [0.2, 0.25) is 15.3 Å². The summed E-state index contributed by atoms with van der Waals surface area (Å²) in [4.78, 5) is 14.3. The maximum Gasteiger partial charge on any atom is 0.417 e. The van der Waals surface area contributed by atoms with Crippen molar-refractivity contribution in [2.24, 2.45) is 0 Å². The largest absolute Gasteiger partial charge is 0.417 e. The van der Waals surface area contributed by atoms with Crippen LogP contribution in [0.1, 0.15) is 35.6 Å². The number of hydrogen-bond acceptors (Lipinski definition) is 3. The number of amides is 2. The predicted octanol–water partition coefficient (Wildman–Crippen LogP) is 5.89. The number of rotatable bonds is 1. The average molecular weight is 470 g/mol. The minimum absolute atomic E-state index is 0.122. The maximum atomic E-state index is 14.2. The predicted molar refractivity (Wildman–Crippen MR) is 98.8 cm³/mol. The first-order valence-electron chi connectivity index (χ1n) is 8.44. The van der Waals surface area contributed by atoms with E-state index in [1.165, 1.54) is 4.90 Å². The van der Waals surface area contributed by atoms with Gasteiger partial charge in [-0.3, -0.25) is 0 Å². The van der Waals surface area contributed by atoms with Crippen LogP contribution in [-0.2, 0) is 12.6 Å². The Morgan fingerprint density at radius 1 is 1.14 bits per heavy atom. The fourth-order valence-corrected chi connectivity index (χ4v) is 4.69. The number of fused-ring (bicyclic) bond motifs is 4. The lowest BCUT2D eigenvalue weighted by Gasteiger charge is -2.36. The monoisotopic (exact) mass is 468 g/mol. The van der Waals surface area contributed by atoms with Gasteiger partial charge in [-0.1, -0.05) is 34.8 Å². The first-order chi connectivity index (χ1) is 13.6. The number of carbonyl (C=O) groups is 1. The third kappa shape index (κ3) is 3.49. The second-order valence-corrected chi connectivity index (χ2v) is 7.90. The highest BCUT2D eigenvalue weighted by Crippen LogP contribution is 2.47. The Labute approximate surface area is 176 Å². The number of carbonyl (C=O) groups excluding carboxylic acids is 1. The molecule has 2 aliphatic rings. The van der Waals surface area contributed by atoms with Gasteiger partial charge in [0.2, 0.25) is 0 Å². The number of halogens is 7. The number of nitrogens with one attached hydrogen (secondary N) is 1. The molecule has 1 aromatic carbocycles. The van der Waals surface area contributed by atoms with Crippen molar-refractivity contribution in [1.82, 2.24) is 15.1 Å². The first kappa shape index (κ1) is 20.4. The fourth-order valence-electron chi connectivity index (χ4n) is 3.92. The number of urea groups is 1. The van der Waals surface area contributed by atoms with Crippen LogP contribution in [0.15, 0.2) is 12.1 Å². The van der Waals surface area contributed by atoms with E-state index < -0.39 is 40.3 Å². The van der Waals surface area contributed by atoms with E-state index in [1.807, 2.05) is 0 Å². The first-order valence-corrected chi connectivity index (χ1v) is 9.57. The van der Waals surface area contributed by atoms with Crippen molar-refractivity contribution < 1.29 is 22.4 Å². The molecular weight excluding hydrogens is 459 g/mol. The molecule has 0 spiro atoms. The Balaban J connectivity index is 1.64. The fraction of sp³-hybridized carbons (Fsp3) is 0.353. The Hall–Kier alpha value is -1.84. The second kappa shape index (κ2) is 7.14. The molecular formula is C17H11Cl3F4N4O. The molecule has 3 heterocycles.